The van der Waals surface area contributed by atoms with Gasteiger partial charge >= 0.3 is 0 Å². The van der Waals surface area contributed by atoms with E-state index in [1.54, 1.807) is 12.1 Å². The van der Waals surface area contributed by atoms with E-state index in [2.05, 4.69) is 11.9 Å². The molecular formula is C16H18FNO. The number of hydrogen-bond acceptors (Lipinski definition) is 2. The molecule has 0 N–H and O–H groups in total. The molecule has 0 saturated heterocycles. The first-order chi connectivity index (χ1) is 9.24. The van der Waals surface area contributed by atoms with Crippen LogP contribution in [0.2, 0.25) is 0 Å². The summed E-state index contributed by atoms with van der Waals surface area (Å²) in [5.74, 6) is 0.244. The van der Waals surface area contributed by atoms with E-state index in [1.807, 2.05) is 25.3 Å². The molecule has 0 aliphatic carbocycles. The number of aryl methyl sites for hydroxylation is 1. The van der Waals surface area contributed by atoms with Crippen LogP contribution in [0.1, 0.15) is 25.8 Å². The van der Waals surface area contributed by atoms with Crippen LogP contribution in [-0.2, 0) is 6.42 Å². The van der Waals surface area contributed by atoms with E-state index >= 15 is 0 Å². The number of aromatic nitrogens is 1. The quantitative estimate of drug-likeness (QED) is 0.801. The molecule has 19 heavy (non-hydrogen) atoms. The molecule has 1 aromatic carbocycles. The Balaban J connectivity index is 2.25. The minimum Gasteiger partial charge on any atom is -0.494 e. The lowest BCUT2D eigenvalue weighted by atomic mass is 10.1. The van der Waals surface area contributed by atoms with Gasteiger partial charge in [0.2, 0.25) is 0 Å². The SMILES string of the molecule is CCCc1ccc(-c2ccc(OCC)cc2F)nc1. The maximum absolute atomic E-state index is 14.0. The molecule has 0 aliphatic heterocycles. The number of nitrogens with zero attached hydrogens (tertiary/aromatic N) is 1. The van der Waals surface area contributed by atoms with Gasteiger partial charge in [-0.25, -0.2) is 4.39 Å². The van der Waals surface area contributed by atoms with Crippen LogP contribution in [0.3, 0.4) is 0 Å². The third-order valence-corrected chi connectivity index (χ3v) is 2.89. The van der Waals surface area contributed by atoms with Crippen molar-refractivity contribution in [2.75, 3.05) is 6.61 Å². The van der Waals surface area contributed by atoms with Crippen LogP contribution in [0, 0.1) is 5.82 Å². The van der Waals surface area contributed by atoms with E-state index < -0.39 is 0 Å². The normalized spacial score (nSPS) is 10.5. The maximum atomic E-state index is 14.0. The van der Waals surface area contributed by atoms with Gasteiger partial charge < -0.3 is 4.74 Å². The van der Waals surface area contributed by atoms with Crippen molar-refractivity contribution >= 4 is 0 Å². The van der Waals surface area contributed by atoms with Gasteiger partial charge in [0, 0.05) is 17.8 Å². The summed E-state index contributed by atoms with van der Waals surface area (Å²) in [5, 5.41) is 0. The number of halogens is 1. The van der Waals surface area contributed by atoms with Crippen molar-refractivity contribution < 1.29 is 9.13 Å². The van der Waals surface area contributed by atoms with Crippen LogP contribution in [0.4, 0.5) is 4.39 Å². The van der Waals surface area contributed by atoms with Crippen molar-refractivity contribution in [3.05, 3.63) is 47.9 Å². The van der Waals surface area contributed by atoms with E-state index in [-0.39, 0.29) is 5.82 Å². The summed E-state index contributed by atoms with van der Waals surface area (Å²) in [6.45, 7) is 4.53. The third kappa shape index (κ3) is 3.31. The Hall–Kier alpha value is -1.90. The molecule has 0 amide bonds. The molecule has 0 radical (unpaired) electrons. The van der Waals surface area contributed by atoms with E-state index in [9.17, 15) is 4.39 Å². The highest BCUT2D eigenvalue weighted by molar-refractivity contribution is 5.61. The van der Waals surface area contributed by atoms with Crippen LogP contribution in [0.25, 0.3) is 11.3 Å². The molecule has 0 bridgehead atoms. The van der Waals surface area contributed by atoms with Crippen LogP contribution in [0.5, 0.6) is 5.75 Å². The molecule has 1 aromatic heterocycles. The number of rotatable bonds is 5. The Bertz CT molecular complexity index is 537. The zero-order chi connectivity index (χ0) is 13.7. The van der Waals surface area contributed by atoms with Gasteiger partial charge in [0.1, 0.15) is 11.6 Å². The first-order valence-corrected chi connectivity index (χ1v) is 6.62. The van der Waals surface area contributed by atoms with Crippen molar-refractivity contribution in [3.63, 3.8) is 0 Å². The topological polar surface area (TPSA) is 22.1 Å². The molecule has 0 spiro atoms. The third-order valence-electron chi connectivity index (χ3n) is 2.89. The summed E-state index contributed by atoms with van der Waals surface area (Å²) in [4.78, 5) is 4.32. The van der Waals surface area contributed by atoms with Gasteiger partial charge in [-0.1, -0.05) is 19.4 Å². The molecule has 100 valence electrons. The standard InChI is InChI=1S/C16H18FNO/c1-3-5-12-6-9-16(18-11-12)14-8-7-13(19-4-2)10-15(14)17/h6-11H,3-5H2,1-2H3. The molecule has 2 aromatic rings. The van der Waals surface area contributed by atoms with Gasteiger partial charge in [0.15, 0.2) is 0 Å². The zero-order valence-corrected chi connectivity index (χ0v) is 11.3. The van der Waals surface area contributed by atoms with Gasteiger partial charge in [-0.2, -0.15) is 0 Å². The second-order valence-corrected chi connectivity index (χ2v) is 4.38. The number of pyridine rings is 1. The van der Waals surface area contributed by atoms with Crippen LogP contribution in [0.15, 0.2) is 36.5 Å². The van der Waals surface area contributed by atoms with E-state index in [0.29, 0.717) is 23.6 Å². The van der Waals surface area contributed by atoms with Gasteiger partial charge in [-0.05, 0) is 37.1 Å². The summed E-state index contributed by atoms with van der Waals surface area (Å²) < 4.78 is 19.3. The minimum absolute atomic E-state index is 0.304. The van der Waals surface area contributed by atoms with Crippen molar-refractivity contribution in [2.24, 2.45) is 0 Å². The number of hydrogen-bond donors (Lipinski definition) is 0. The zero-order valence-electron chi connectivity index (χ0n) is 11.3. The smallest absolute Gasteiger partial charge is 0.136 e. The summed E-state index contributed by atoms with van der Waals surface area (Å²) in [7, 11) is 0. The highest BCUT2D eigenvalue weighted by Gasteiger charge is 2.08. The Morgan fingerprint density at radius 2 is 2.00 bits per heavy atom. The van der Waals surface area contributed by atoms with Crippen LogP contribution >= 0.6 is 0 Å². The van der Waals surface area contributed by atoms with Crippen molar-refractivity contribution in [1.82, 2.24) is 4.98 Å². The first-order valence-electron chi connectivity index (χ1n) is 6.62. The molecule has 2 rings (SSSR count). The van der Waals surface area contributed by atoms with Crippen molar-refractivity contribution in [2.45, 2.75) is 26.7 Å². The second-order valence-electron chi connectivity index (χ2n) is 4.38. The molecule has 0 saturated carbocycles. The lowest BCUT2D eigenvalue weighted by molar-refractivity contribution is 0.338. The van der Waals surface area contributed by atoms with E-state index in [0.717, 1.165) is 12.8 Å². The van der Waals surface area contributed by atoms with Gasteiger partial charge in [0.05, 0.1) is 12.3 Å². The molecule has 0 atom stereocenters. The Morgan fingerprint density at radius 1 is 1.16 bits per heavy atom. The lowest BCUT2D eigenvalue weighted by Gasteiger charge is -2.07. The monoisotopic (exact) mass is 259 g/mol. The van der Waals surface area contributed by atoms with Crippen molar-refractivity contribution in [1.29, 1.82) is 0 Å². The highest BCUT2D eigenvalue weighted by atomic mass is 19.1. The summed E-state index contributed by atoms with van der Waals surface area (Å²) >= 11 is 0. The molecule has 0 fully saturated rings. The second kappa shape index (κ2) is 6.32. The molecule has 0 unspecified atom stereocenters. The fourth-order valence-electron chi connectivity index (χ4n) is 1.98. The maximum Gasteiger partial charge on any atom is 0.136 e. The Labute approximate surface area is 113 Å². The van der Waals surface area contributed by atoms with Crippen molar-refractivity contribution in [3.8, 4) is 17.0 Å². The summed E-state index contributed by atoms with van der Waals surface area (Å²) in [6.07, 6.45) is 3.90. The van der Waals surface area contributed by atoms with Gasteiger partial charge in [-0.3, -0.25) is 4.98 Å². The largest absolute Gasteiger partial charge is 0.494 e. The predicted molar refractivity (Wildman–Crippen MR) is 74.8 cm³/mol. The molecule has 3 heteroatoms. The number of ether oxygens (including phenoxy) is 1. The highest BCUT2D eigenvalue weighted by Crippen LogP contribution is 2.25. The Kier molecular flexibility index (Phi) is 4.50. The van der Waals surface area contributed by atoms with Gasteiger partial charge in [0.25, 0.3) is 0 Å². The summed E-state index contributed by atoms with van der Waals surface area (Å²) in [5.41, 5.74) is 2.34. The fourth-order valence-corrected chi connectivity index (χ4v) is 1.98. The minimum atomic E-state index is -0.304. The average Bonchev–Trinajstić information content (AvgIpc) is 2.41. The first kappa shape index (κ1) is 13.5. The van der Waals surface area contributed by atoms with Gasteiger partial charge in [-0.15, -0.1) is 0 Å². The molecule has 2 nitrogen and oxygen atoms in total. The Morgan fingerprint density at radius 3 is 2.58 bits per heavy atom. The van der Waals surface area contributed by atoms with E-state index in [1.165, 1.54) is 11.6 Å². The molecule has 1 heterocycles. The lowest BCUT2D eigenvalue weighted by Crippen LogP contribution is -1.94. The number of benzene rings is 1. The van der Waals surface area contributed by atoms with Crippen LogP contribution < -0.4 is 4.74 Å². The predicted octanol–water partition coefficient (Wildman–Crippen LogP) is 4.24. The summed E-state index contributed by atoms with van der Waals surface area (Å²) in [6, 6.07) is 8.75. The molecule has 0 aliphatic rings. The van der Waals surface area contributed by atoms with Crippen LogP contribution in [-0.4, -0.2) is 11.6 Å². The van der Waals surface area contributed by atoms with E-state index in [4.69, 9.17) is 4.74 Å². The fraction of sp³-hybridized carbons (Fsp3) is 0.312. The average molecular weight is 259 g/mol. The molecular weight excluding hydrogens is 241 g/mol.